The summed E-state index contributed by atoms with van der Waals surface area (Å²) in [6.07, 6.45) is 2.93. The van der Waals surface area contributed by atoms with Crippen LogP contribution >= 0.6 is 0 Å². The van der Waals surface area contributed by atoms with Crippen LogP contribution in [0.2, 0.25) is 0 Å². The molecule has 0 saturated carbocycles. The Hall–Kier alpha value is -3.20. The van der Waals surface area contributed by atoms with Gasteiger partial charge in [0, 0.05) is 24.3 Å². The summed E-state index contributed by atoms with van der Waals surface area (Å²) < 4.78 is 10.8. The lowest BCUT2D eigenvalue weighted by atomic mass is 10.0. The predicted octanol–water partition coefficient (Wildman–Crippen LogP) is 3.07. The number of urea groups is 1. The topological polar surface area (TPSA) is 91.3 Å². The van der Waals surface area contributed by atoms with E-state index in [9.17, 15) is 9.59 Å². The lowest BCUT2D eigenvalue weighted by Gasteiger charge is -2.33. The number of amides is 3. The summed E-state index contributed by atoms with van der Waals surface area (Å²) >= 11 is 0. The van der Waals surface area contributed by atoms with E-state index >= 15 is 0 Å². The van der Waals surface area contributed by atoms with Crippen LogP contribution in [0, 0.1) is 0 Å². The van der Waals surface area contributed by atoms with Crippen LogP contribution in [0.15, 0.2) is 54.6 Å². The molecule has 2 heterocycles. The highest BCUT2D eigenvalue weighted by Gasteiger charge is 2.25. The van der Waals surface area contributed by atoms with E-state index in [0.29, 0.717) is 51.6 Å². The van der Waals surface area contributed by atoms with Crippen molar-refractivity contribution in [1.82, 2.24) is 10.4 Å². The number of ether oxygens (including phenoxy) is 2. The smallest absolute Gasteiger partial charge is 0.324 e. The van der Waals surface area contributed by atoms with E-state index in [1.165, 1.54) is 5.57 Å². The third-order valence-corrected chi connectivity index (χ3v) is 5.66. The Morgan fingerprint density at radius 3 is 2.50 bits per heavy atom. The second-order valence-corrected chi connectivity index (χ2v) is 7.71. The molecule has 1 fully saturated rings. The van der Waals surface area contributed by atoms with Crippen LogP contribution in [0.3, 0.4) is 0 Å². The number of rotatable bonds is 5. The first kappa shape index (κ1) is 22.0. The lowest BCUT2D eigenvalue weighted by Crippen LogP contribution is -2.48. The number of hydrogen-bond acceptors (Lipinski definition) is 5. The number of benzene rings is 2. The third kappa shape index (κ3) is 5.16. The highest BCUT2D eigenvalue weighted by Crippen LogP contribution is 2.27. The second kappa shape index (κ2) is 10.4. The minimum atomic E-state index is -0.574. The maximum atomic E-state index is 13.5. The van der Waals surface area contributed by atoms with Crippen molar-refractivity contribution in [1.29, 1.82) is 0 Å². The summed E-state index contributed by atoms with van der Waals surface area (Å²) in [6, 6.07) is 14.8. The average Bonchev–Trinajstić information content (AvgIpc) is 2.88. The van der Waals surface area contributed by atoms with E-state index in [-0.39, 0.29) is 6.03 Å². The second-order valence-electron chi connectivity index (χ2n) is 7.71. The molecule has 32 heavy (non-hydrogen) atoms. The molecule has 0 unspecified atom stereocenters. The van der Waals surface area contributed by atoms with Gasteiger partial charge in [-0.25, -0.2) is 10.3 Å². The van der Waals surface area contributed by atoms with Crippen LogP contribution in [0.25, 0.3) is 5.57 Å². The van der Waals surface area contributed by atoms with Crippen molar-refractivity contribution in [2.24, 2.45) is 0 Å². The van der Waals surface area contributed by atoms with Gasteiger partial charge in [-0.15, -0.1) is 0 Å². The number of carbonyl (C=O) groups excluding carboxylic acids is 2. The Balaban J connectivity index is 1.62. The van der Waals surface area contributed by atoms with Gasteiger partial charge < -0.3 is 14.4 Å². The van der Waals surface area contributed by atoms with Gasteiger partial charge in [0.25, 0.3) is 5.91 Å². The van der Waals surface area contributed by atoms with E-state index in [4.69, 9.17) is 14.7 Å². The fourth-order valence-corrected chi connectivity index (χ4v) is 3.87. The van der Waals surface area contributed by atoms with Crippen molar-refractivity contribution in [3.05, 3.63) is 71.3 Å². The van der Waals surface area contributed by atoms with Gasteiger partial charge in [0.2, 0.25) is 0 Å². The molecule has 2 N–H and O–H groups in total. The highest BCUT2D eigenvalue weighted by atomic mass is 16.5. The van der Waals surface area contributed by atoms with E-state index in [1.807, 2.05) is 18.2 Å². The molecule has 0 bridgehead atoms. The summed E-state index contributed by atoms with van der Waals surface area (Å²) in [7, 11) is 0. The molecule has 0 spiro atoms. The number of nitrogens with one attached hydrogen (secondary N) is 1. The third-order valence-electron chi connectivity index (χ3n) is 5.66. The molecule has 0 aromatic heterocycles. The van der Waals surface area contributed by atoms with E-state index < -0.39 is 5.91 Å². The minimum absolute atomic E-state index is 0.0800. The van der Waals surface area contributed by atoms with Crippen molar-refractivity contribution in [3.8, 4) is 0 Å². The van der Waals surface area contributed by atoms with Gasteiger partial charge in [-0.05, 0) is 47.4 Å². The normalized spacial score (nSPS) is 16.3. The maximum Gasteiger partial charge on any atom is 0.324 e. The van der Waals surface area contributed by atoms with E-state index in [1.54, 1.807) is 39.5 Å². The van der Waals surface area contributed by atoms with Gasteiger partial charge in [0.15, 0.2) is 0 Å². The predicted molar refractivity (Wildman–Crippen MR) is 120 cm³/mol. The number of hydrogen-bond donors (Lipinski definition) is 2. The van der Waals surface area contributed by atoms with Crippen LogP contribution in [0.1, 0.15) is 27.9 Å². The Morgan fingerprint density at radius 1 is 1.03 bits per heavy atom. The molecule has 8 heteroatoms. The van der Waals surface area contributed by atoms with Gasteiger partial charge in [-0.2, -0.15) is 0 Å². The number of carbonyl (C=O) groups is 2. The van der Waals surface area contributed by atoms with Gasteiger partial charge in [-0.3, -0.25) is 14.9 Å². The molecule has 8 nitrogen and oxygen atoms in total. The summed E-state index contributed by atoms with van der Waals surface area (Å²) in [5.74, 6) is -0.574. The van der Waals surface area contributed by atoms with Gasteiger partial charge >= 0.3 is 6.03 Å². The maximum absolute atomic E-state index is 13.5. The highest BCUT2D eigenvalue weighted by molar-refractivity contribution is 5.94. The van der Waals surface area contributed by atoms with Crippen molar-refractivity contribution in [2.45, 2.75) is 13.0 Å². The zero-order chi connectivity index (χ0) is 22.3. The number of hydroxylamine groups is 1. The van der Waals surface area contributed by atoms with E-state index in [2.05, 4.69) is 12.1 Å². The van der Waals surface area contributed by atoms with E-state index in [0.717, 1.165) is 23.2 Å². The standard InChI is InChI=1S/C24H27N3O5/c28-23(25-30)20-6-4-18(5-7-20)17-27(24(29)26-10-14-32-15-11-26)22-3-1-2-21(16-22)19-8-12-31-13-9-19/h1-8,16,30H,9-15,17H2,(H,25,28). The Morgan fingerprint density at radius 2 is 1.81 bits per heavy atom. The van der Waals surface area contributed by atoms with Crippen LogP contribution < -0.4 is 10.4 Å². The van der Waals surface area contributed by atoms with Gasteiger partial charge in [0.05, 0.1) is 33.0 Å². The van der Waals surface area contributed by atoms with Crippen LogP contribution in [-0.4, -0.2) is 61.6 Å². The molecule has 2 aromatic rings. The number of morpholine rings is 1. The van der Waals surface area contributed by atoms with Crippen molar-refractivity contribution >= 4 is 23.2 Å². The summed E-state index contributed by atoms with van der Waals surface area (Å²) in [4.78, 5) is 28.7. The zero-order valence-electron chi connectivity index (χ0n) is 17.8. The molecule has 0 aliphatic carbocycles. The summed E-state index contributed by atoms with van der Waals surface area (Å²) in [5, 5.41) is 8.82. The molecular weight excluding hydrogens is 410 g/mol. The molecule has 2 aromatic carbocycles. The fraction of sp³-hybridized carbons (Fsp3) is 0.333. The van der Waals surface area contributed by atoms with Crippen molar-refractivity contribution < 1.29 is 24.3 Å². The summed E-state index contributed by atoms with van der Waals surface area (Å²) in [5.41, 5.74) is 5.96. The van der Waals surface area contributed by atoms with Crippen molar-refractivity contribution in [3.63, 3.8) is 0 Å². The molecule has 2 aliphatic rings. The van der Waals surface area contributed by atoms with Crippen LogP contribution in [0.5, 0.6) is 0 Å². The molecule has 3 amide bonds. The first-order chi connectivity index (χ1) is 15.7. The van der Waals surface area contributed by atoms with Gasteiger partial charge in [-0.1, -0.05) is 30.3 Å². The monoisotopic (exact) mass is 437 g/mol. The molecule has 4 rings (SSSR count). The number of anilines is 1. The van der Waals surface area contributed by atoms with Crippen LogP contribution in [-0.2, 0) is 16.0 Å². The first-order valence-corrected chi connectivity index (χ1v) is 10.7. The molecule has 1 saturated heterocycles. The first-order valence-electron chi connectivity index (χ1n) is 10.7. The molecule has 0 atom stereocenters. The number of nitrogens with zero attached hydrogens (tertiary/aromatic N) is 2. The Kier molecular flexibility index (Phi) is 7.16. The van der Waals surface area contributed by atoms with Gasteiger partial charge in [0.1, 0.15) is 0 Å². The fourth-order valence-electron chi connectivity index (χ4n) is 3.87. The van der Waals surface area contributed by atoms with Crippen LogP contribution in [0.4, 0.5) is 10.5 Å². The van der Waals surface area contributed by atoms with Crippen molar-refractivity contribution in [2.75, 3.05) is 44.4 Å². The Bertz CT molecular complexity index is 983. The molecule has 168 valence electrons. The Labute approximate surface area is 187 Å². The zero-order valence-corrected chi connectivity index (χ0v) is 17.8. The molecular formula is C24H27N3O5. The molecule has 0 radical (unpaired) electrons. The SMILES string of the molecule is O=C(NO)c1ccc(CN(C(=O)N2CCOCC2)c2cccc(C3=CCOCC3)c2)cc1. The largest absolute Gasteiger partial charge is 0.378 e. The lowest BCUT2D eigenvalue weighted by molar-refractivity contribution is 0.0548. The quantitative estimate of drug-likeness (QED) is 0.554. The minimum Gasteiger partial charge on any atom is -0.378 e. The summed E-state index contributed by atoms with van der Waals surface area (Å²) in [6.45, 7) is 3.79. The average molecular weight is 437 g/mol. The molecule has 2 aliphatic heterocycles.